The molecule has 0 atom stereocenters. The molecule has 0 bridgehead atoms. The number of para-hydroxylation sites is 1. The van der Waals surface area contributed by atoms with Crippen LogP contribution in [0.2, 0.25) is 0 Å². The highest BCUT2D eigenvalue weighted by molar-refractivity contribution is 5.77. The smallest absolute Gasteiger partial charge is 0.240 e. The molecular weight excluding hydrogens is 238 g/mol. The standard InChI is InChI=1S/C14H15N5/c1-18(2)11-7-4-3-6-10(11)12-8-5-9-13-16-14(15)17-19(12)13/h3-9H,1-2H3,(H2,15,17). The molecule has 0 aliphatic rings. The molecule has 5 heteroatoms. The third-order valence-corrected chi connectivity index (χ3v) is 3.04. The van der Waals surface area contributed by atoms with Crippen molar-refractivity contribution in [3.05, 3.63) is 42.5 Å². The molecule has 1 aromatic carbocycles. The summed E-state index contributed by atoms with van der Waals surface area (Å²) >= 11 is 0. The maximum Gasteiger partial charge on any atom is 0.240 e. The monoisotopic (exact) mass is 253 g/mol. The predicted octanol–water partition coefficient (Wildman–Crippen LogP) is 2.04. The van der Waals surface area contributed by atoms with Gasteiger partial charge in [0.2, 0.25) is 5.95 Å². The molecule has 5 nitrogen and oxygen atoms in total. The maximum absolute atomic E-state index is 5.68. The van der Waals surface area contributed by atoms with Gasteiger partial charge in [-0.2, -0.15) is 4.98 Å². The summed E-state index contributed by atoms with van der Waals surface area (Å²) in [6.45, 7) is 0. The number of benzene rings is 1. The number of nitrogens with zero attached hydrogens (tertiary/aromatic N) is 4. The molecule has 0 amide bonds. The minimum Gasteiger partial charge on any atom is -0.377 e. The van der Waals surface area contributed by atoms with Crippen LogP contribution in [0.5, 0.6) is 0 Å². The lowest BCUT2D eigenvalue weighted by Crippen LogP contribution is -2.10. The van der Waals surface area contributed by atoms with E-state index in [9.17, 15) is 0 Å². The van der Waals surface area contributed by atoms with Gasteiger partial charge in [-0.25, -0.2) is 4.52 Å². The van der Waals surface area contributed by atoms with Crippen LogP contribution in [0.1, 0.15) is 0 Å². The van der Waals surface area contributed by atoms with Gasteiger partial charge < -0.3 is 10.6 Å². The fourth-order valence-electron chi connectivity index (χ4n) is 2.21. The number of aromatic nitrogens is 3. The Morgan fingerprint density at radius 2 is 1.84 bits per heavy atom. The Hall–Kier alpha value is -2.56. The van der Waals surface area contributed by atoms with E-state index >= 15 is 0 Å². The number of pyridine rings is 1. The van der Waals surface area contributed by atoms with Crippen LogP contribution in [0.3, 0.4) is 0 Å². The molecule has 2 heterocycles. The highest BCUT2D eigenvalue weighted by Gasteiger charge is 2.11. The molecule has 96 valence electrons. The molecule has 0 radical (unpaired) electrons. The summed E-state index contributed by atoms with van der Waals surface area (Å²) in [7, 11) is 4.04. The summed E-state index contributed by atoms with van der Waals surface area (Å²) in [5.41, 5.74) is 9.64. The second kappa shape index (κ2) is 4.28. The predicted molar refractivity (Wildman–Crippen MR) is 77.2 cm³/mol. The minimum atomic E-state index is 0.287. The van der Waals surface area contributed by atoms with E-state index < -0.39 is 0 Å². The zero-order valence-corrected chi connectivity index (χ0v) is 10.9. The lowest BCUT2D eigenvalue weighted by Gasteiger charge is -2.17. The van der Waals surface area contributed by atoms with Crippen LogP contribution in [0.4, 0.5) is 11.6 Å². The van der Waals surface area contributed by atoms with Gasteiger partial charge in [0.15, 0.2) is 5.65 Å². The molecule has 0 aliphatic heterocycles. The van der Waals surface area contributed by atoms with Crippen molar-refractivity contribution >= 4 is 17.3 Å². The summed E-state index contributed by atoms with van der Waals surface area (Å²) in [5, 5.41) is 4.25. The average Bonchev–Trinajstić information content (AvgIpc) is 2.78. The van der Waals surface area contributed by atoms with Crippen LogP contribution in [0.25, 0.3) is 16.9 Å². The number of anilines is 2. The average molecular weight is 253 g/mol. The Morgan fingerprint density at radius 3 is 2.63 bits per heavy atom. The number of rotatable bonds is 2. The van der Waals surface area contributed by atoms with E-state index in [1.54, 1.807) is 4.52 Å². The Bertz CT molecular complexity index is 730. The van der Waals surface area contributed by atoms with E-state index in [4.69, 9.17) is 5.73 Å². The van der Waals surface area contributed by atoms with Crippen LogP contribution < -0.4 is 10.6 Å². The van der Waals surface area contributed by atoms with E-state index in [0.29, 0.717) is 0 Å². The lowest BCUT2D eigenvalue weighted by atomic mass is 10.1. The molecule has 0 saturated heterocycles. The van der Waals surface area contributed by atoms with Crippen LogP contribution in [0, 0.1) is 0 Å². The van der Waals surface area contributed by atoms with E-state index in [1.807, 2.05) is 44.4 Å². The summed E-state index contributed by atoms with van der Waals surface area (Å²) in [6, 6.07) is 14.1. The highest BCUT2D eigenvalue weighted by Crippen LogP contribution is 2.29. The van der Waals surface area contributed by atoms with Gasteiger partial charge in [0, 0.05) is 25.3 Å². The topological polar surface area (TPSA) is 59.5 Å². The van der Waals surface area contributed by atoms with Gasteiger partial charge in [0.05, 0.1) is 5.69 Å². The summed E-state index contributed by atoms with van der Waals surface area (Å²) in [4.78, 5) is 6.27. The molecule has 19 heavy (non-hydrogen) atoms. The lowest BCUT2D eigenvalue weighted by molar-refractivity contribution is 0.974. The van der Waals surface area contributed by atoms with Crippen molar-refractivity contribution in [1.82, 2.24) is 14.6 Å². The minimum absolute atomic E-state index is 0.287. The van der Waals surface area contributed by atoms with Crippen molar-refractivity contribution in [2.24, 2.45) is 0 Å². The van der Waals surface area contributed by atoms with Gasteiger partial charge in [-0.3, -0.25) is 0 Å². The van der Waals surface area contributed by atoms with Crippen molar-refractivity contribution < 1.29 is 0 Å². The molecular formula is C14H15N5. The fourth-order valence-corrected chi connectivity index (χ4v) is 2.21. The highest BCUT2D eigenvalue weighted by atomic mass is 15.3. The Kier molecular flexibility index (Phi) is 2.59. The van der Waals surface area contributed by atoms with E-state index in [0.717, 1.165) is 22.6 Å². The first-order valence-corrected chi connectivity index (χ1v) is 6.05. The van der Waals surface area contributed by atoms with Crippen molar-refractivity contribution in [2.45, 2.75) is 0 Å². The normalized spacial score (nSPS) is 10.8. The number of hydrogen-bond donors (Lipinski definition) is 1. The van der Waals surface area contributed by atoms with Crippen molar-refractivity contribution in [1.29, 1.82) is 0 Å². The molecule has 0 fully saturated rings. The van der Waals surface area contributed by atoms with Crippen LogP contribution in [0.15, 0.2) is 42.5 Å². The quantitative estimate of drug-likeness (QED) is 0.759. The molecule has 0 saturated carbocycles. The first kappa shape index (κ1) is 11.5. The van der Waals surface area contributed by atoms with Gasteiger partial charge in [-0.05, 0) is 18.2 Å². The Labute approximate surface area is 111 Å². The van der Waals surface area contributed by atoms with Crippen molar-refractivity contribution in [3.8, 4) is 11.3 Å². The summed E-state index contributed by atoms with van der Waals surface area (Å²) < 4.78 is 1.78. The van der Waals surface area contributed by atoms with Crippen molar-refractivity contribution in [3.63, 3.8) is 0 Å². The third-order valence-electron chi connectivity index (χ3n) is 3.04. The molecule has 0 spiro atoms. The summed E-state index contributed by atoms with van der Waals surface area (Å²) in [6.07, 6.45) is 0. The maximum atomic E-state index is 5.68. The van der Waals surface area contributed by atoms with Gasteiger partial charge in [0.25, 0.3) is 0 Å². The Morgan fingerprint density at radius 1 is 1.05 bits per heavy atom. The van der Waals surface area contributed by atoms with Crippen LogP contribution >= 0.6 is 0 Å². The third kappa shape index (κ3) is 1.89. The number of nitrogen functional groups attached to an aromatic ring is 1. The zero-order valence-electron chi connectivity index (χ0n) is 10.9. The van der Waals surface area contributed by atoms with Gasteiger partial charge in [-0.1, -0.05) is 24.3 Å². The van der Waals surface area contributed by atoms with E-state index in [2.05, 4.69) is 27.1 Å². The first-order chi connectivity index (χ1) is 9.16. The largest absolute Gasteiger partial charge is 0.377 e. The molecule has 0 unspecified atom stereocenters. The SMILES string of the molecule is CN(C)c1ccccc1-c1cccc2nc(N)nn12. The second-order valence-corrected chi connectivity index (χ2v) is 4.56. The fraction of sp³-hybridized carbons (Fsp3) is 0.143. The number of nitrogens with two attached hydrogens (primary N) is 1. The molecule has 0 aliphatic carbocycles. The number of fused-ring (bicyclic) bond motifs is 1. The van der Waals surface area contributed by atoms with E-state index in [1.165, 1.54) is 0 Å². The molecule has 2 N–H and O–H groups in total. The second-order valence-electron chi connectivity index (χ2n) is 4.56. The number of hydrogen-bond acceptors (Lipinski definition) is 4. The van der Waals surface area contributed by atoms with Gasteiger partial charge >= 0.3 is 0 Å². The molecule has 3 rings (SSSR count). The first-order valence-electron chi connectivity index (χ1n) is 6.05. The Balaban J connectivity index is 2.30. The van der Waals surface area contributed by atoms with Crippen molar-refractivity contribution in [2.75, 3.05) is 24.7 Å². The van der Waals surface area contributed by atoms with Crippen LogP contribution in [-0.2, 0) is 0 Å². The van der Waals surface area contributed by atoms with Gasteiger partial charge in [-0.15, -0.1) is 5.10 Å². The van der Waals surface area contributed by atoms with Gasteiger partial charge in [0.1, 0.15) is 0 Å². The van der Waals surface area contributed by atoms with E-state index in [-0.39, 0.29) is 5.95 Å². The molecule has 2 aromatic heterocycles. The van der Waals surface area contributed by atoms with Crippen LogP contribution in [-0.4, -0.2) is 28.7 Å². The zero-order chi connectivity index (χ0) is 13.4. The summed E-state index contributed by atoms with van der Waals surface area (Å²) in [5.74, 6) is 0.287. The molecule has 3 aromatic rings.